The van der Waals surface area contributed by atoms with Gasteiger partial charge in [-0.3, -0.25) is 14.8 Å². The Balaban J connectivity index is 0.000000136. The zero-order valence-corrected chi connectivity index (χ0v) is 13.1. The molecule has 23 heavy (non-hydrogen) atoms. The minimum atomic E-state index is 0.429. The molecule has 0 aliphatic rings. The summed E-state index contributed by atoms with van der Waals surface area (Å²) in [6.07, 6.45) is 7.62. The van der Waals surface area contributed by atoms with Gasteiger partial charge in [0.25, 0.3) is 0 Å². The van der Waals surface area contributed by atoms with Crippen LogP contribution in [-0.2, 0) is 14.1 Å². The van der Waals surface area contributed by atoms with Gasteiger partial charge in [-0.25, -0.2) is 9.97 Å². The summed E-state index contributed by atoms with van der Waals surface area (Å²) in [5, 5.41) is 0. The van der Waals surface area contributed by atoms with Gasteiger partial charge >= 0.3 is 0 Å². The second-order valence-corrected chi connectivity index (χ2v) is 5.09. The molecule has 4 aromatic heterocycles. The third-order valence-electron chi connectivity index (χ3n) is 3.73. The number of aldehydes is 1. The van der Waals surface area contributed by atoms with Crippen molar-refractivity contribution in [1.29, 1.82) is 0 Å². The second kappa shape index (κ2) is 5.96. The minimum Gasteiger partial charge on any atom is -0.331 e. The number of fused-ring (bicyclic) bond motifs is 2. The Bertz CT molecular complexity index is 985. The van der Waals surface area contributed by atoms with E-state index in [1.807, 2.05) is 26.1 Å². The first kappa shape index (κ1) is 14.8. The number of rotatable bonds is 1. The highest BCUT2D eigenvalue weighted by molar-refractivity contribution is 5.82. The Morgan fingerprint density at radius 3 is 2.00 bits per heavy atom. The standard InChI is InChI=1S/C8H7N3O.C8H9N3/c1-11-7-2-3-9-4-6(7)10-8(11)5-12;1-6-10-7-5-9-4-3-8(7)11(6)2/h2-5H,1H3;3-5H,1-2H3. The van der Waals surface area contributed by atoms with Gasteiger partial charge < -0.3 is 9.13 Å². The van der Waals surface area contributed by atoms with Gasteiger partial charge in [0.15, 0.2) is 12.1 Å². The van der Waals surface area contributed by atoms with E-state index in [1.54, 1.807) is 36.4 Å². The first-order valence-corrected chi connectivity index (χ1v) is 7.06. The van der Waals surface area contributed by atoms with Gasteiger partial charge in [0.2, 0.25) is 0 Å². The Kier molecular flexibility index (Phi) is 3.84. The Hall–Kier alpha value is -3.09. The van der Waals surface area contributed by atoms with Gasteiger partial charge in [0, 0.05) is 26.5 Å². The summed E-state index contributed by atoms with van der Waals surface area (Å²) in [7, 11) is 3.81. The molecule has 0 atom stereocenters. The number of carbonyl (C=O) groups is 1. The molecule has 0 bridgehead atoms. The van der Waals surface area contributed by atoms with Crippen molar-refractivity contribution in [2.24, 2.45) is 14.1 Å². The van der Waals surface area contributed by atoms with Crippen LogP contribution in [0.4, 0.5) is 0 Å². The number of carbonyl (C=O) groups excluding carboxylic acids is 1. The van der Waals surface area contributed by atoms with Crippen molar-refractivity contribution in [3.05, 3.63) is 48.6 Å². The molecule has 0 aliphatic heterocycles. The maximum Gasteiger partial charge on any atom is 0.185 e. The summed E-state index contributed by atoms with van der Waals surface area (Å²) in [5.41, 5.74) is 3.78. The van der Waals surface area contributed by atoms with Crippen molar-refractivity contribution in [2.45, 2.75) is 6.92 Å². The summed E-state index contributed by atoms with van der Waals surface area (Å²) in [4.78, 5) is 26.8. The van der Waals surface area contributed by atoms with E-state index in [9.17, 15) is 4.79 Å². The molecule has 4 rings (SSSR count). The molecule has 0 saturated carbocycles. The maximum atomic E-state index is 10.5. The summed E-state index contributed by atoms with van der Waals surface area (Å²) in [6.45, 7) is 1.99. The fourth-order valence-electron chi connectivity index (χ4n) is 2.35. The number of hydrogen-bond donors (Lipinski definition) is 0. The average molecular weight is 308 g/mol. The van der Waals surface area contributed by atoms with E-state index >= 15 is 0 Å². The minimum absolute atomic E-state index is 0.429. The fraction of sp³-hybridized carbons (Fsp3) is 0.188. The molecule has 0 amide bonds. The number of aromatic nitrogens is 6. The first-order valence-electron chi connectivity index (χ1n) is 7.06. The predicted molar refractivity (Wildman–Crippen MR) is 87.1 cm³/mol. The van der Waals surface area contributed by atoms with Crippen LogP contribution < -0.4 is 0 Å². The number of nitrogens with zero attached hydrogens (tertiary/aromatic N) is 6. The van der Waals surface area contributed by atoms with Crippen molar-refractivity contribution in [2.75, 3.05) is 0 Å². The van der Waals surface area contributed by atoms with Crippen LogP contribution in [0.25, 0.3) is 22.1 Å². The van der Waals surface area contributed by atoms with E-state index in [2.05, 4.69) is 24.5 Å². The quantitative estimate of drug-likeness (QED) is 0.503. The lowest BCUT2D eigenvalue weighted by Crippen LogP contribution is -1.94. The molecule has 0 N–H and O–H groups in total. The van der Waals surface area contributed by atoms with Crippen LogP contribution in [0.3, 0.4) is 0 Å². The van der Waals surface area contributed by atoms with Crippen molar-refractivity contribution < 1.29 is 4.79 Å². The van der Waals surface area contributed by atoms with E-state index in [0.29, 0.717) is 5.82 Å². The summed E-state index contributed by atoms with van der Waals surface area (Å²) in [6, 6.07) is 3.80. The van der Waals surface area contributed by atoms with Crippen LogP contribution in [0.15, 0.2) is 36.9 Å². The molecule has 0 fully saturated rings. The zero-order chi connectivity index (χ0) is 16.4. The molecular weight excluding hydrogens is 292 g/mol. The van der Waals surface area contributed by atoms with Gasteiger partial charge in [0.05, 0.1) is 23.4 Å². The van der Waals surface area contributed by atoms with Crippen molar-refractivity contribution in [1.82, 2.24) is 29.1 Å². The molecule has 0 saturated heterocycles. The summed E-state index contributed by atoms with van der Waals surface area (Å²) >= 11 is 0. The normalized spacial score (nSPS) is 10.6. The fourth-order valence-corrected chi connectivity index (χ4v) is 2.35. The predicted octanol–water partition coefficient (Wildman–Crippen LogP) is 2.06. The van der Waals surface area contributed by atoms with E-state index in [1.165, 1.54) is 0 Å². The molecular formula is C16H16N6O. The van der Waals surface area contributed by atoms with Crippen LogP contribution in [0.1, 0.15) is 16.4 Å². The molecule has 0 spiro atoms. The topological polar surface area (TPSA) is 78.5 Å². The molecule has 7 nitrogen and oxygen atoms in total. The number of aryl methyl sites for hydroxylation is 3. The van der Waals surface area contributed by atoms with E-state index in [-0.39, 0.29) is 0 Å². The largest absolute Gasteiger partial charge is 0.331 e. The van der Waals surface area contributed by atoms with Gasteiger partial charge in [0.1, 0.15) is 16.9 Å². The van der Waals surface area contributed by atoms with Crippen LogP contribution in [0.2, 0.25) is 0 Å². The second-order valence-electron chi connectivity index (χ2n) is 5.09. The third-order valence-corrected chi connectivity index (χ3v) is 3.73. The van der Waals surface area contributed by atoms with Gasteiger partial charge in [-0.05, 0) is 19.1 Å². The Labute approximate surface area is 132 Å². The maximum absolute atomic E-state index is 10.5. The zero-order valence-electron chi connectivity index (χ0n) is 13.1. The lowest BCUT2D eigenvalue weighted by molar-refractivity contribution is 0.111. The number of pyridine rings is 2. The lowest BCUT2D eigenvalue weighted by Gasteiger charge is -1.93. The van der Waals surface area contributed by atoms with E-state index < -0.39 is 0 Å². The van der Waals surface area contributed by atoms with Crippen LogP contribution in [0.5, 0.6) is 0 Å². The monoisotopic (exact) mass is 308 g/mol. The SMILES string of the molecule is Cc1nc2cnccc2n1C.Cn1c(C=O)nc2cnccc21. The van der Waals surface area contributed by atoms with E-state index in [0.717, 1.165) is 34.2 Å². The molecule has 7 heteroatoms. The highest BCUT2D eigenvalue weighted by atomic mass is 16.1. The highest BCUT2D eigenvalue weighted by Gasteiger charge is 2.04. The summed E-state index contributed by atoms with van der Waals surface area (Å²) in [5.74, 6) is 1.45. The molecule has 0 unspecified atom stereocenters. The number of hydrogen-bond acceptors (Lipinski definition) is 5. The molecule has 0 aromatic carbocycles. The molecule has 0 radical (unpaired) electrons. The average Bonchev–Trinajstić information content (AvgIpc) is 3.06. The molecule has 4 heterocycles. The van der Waals surface area contributed by atoms with Crippen LogP contribution >= 0.6 is 0 Å². The molecule has 4 aromatic rings. The summed E-state index contributed by atoms with van der Waals surface area (Å²) < 4.78 is 3.79. The first-order chi connectivity index (χ1) is 11.1. The highest BCUT2D eigenvalue weighted by Crippen LogP contribution is 2.11. The van der Waals surface area contributed by atoms with Crippen molar-refractivity contribution in [3.8, 4) is 0 Å². The smallest absolute Gasteiger partial charge is 0.185 e. The van der Waals surface area contributed by atoms with Crippen LogP contribution in [0, 0.1) is 6.92 Å². The lowest BCUT2D eigenvalue weighted by atomic mass is 10.4. The van der Waals surface area contributed by atoms with Gasteiger partial charge in [-0.15, -0.1) is 0 Å². The van der Waals surface area contributed by atoms with Crippen LogP contribution in [-0.4, -0.2) is 35.4 Å². The molecule has 0 aliphatic carbocycles. The van der Waals surface area contributed by atoms with Gasteiger partial charge in [-0.1, -0.05) is 0 Å². The van der Waals surface area contributed by atoms with Crippen molar-refractivity contribution in [3.63, 3.8) is 0 Å². The van der Waals surface area contributed by atoms with Gasteiger partial charge in [-0.2, -0.15) is 0 Å². The van der Waals surface area contributed by atoms with E-state index in [4.69, 9.17) is 0 Å². The third kappa shape index (κ3) is 2.68. The Morgan fingerprint density at radius 2 is 1.48 bits per heavy atom. The Morgan fingerprint density at radius 1 is 0.913 bits per heavy atom. The van der Waals surface area contributed by atoms with Crippen molar-refractivity contribution >= 4 is 28.4 Å². The number of imidazole rings is 2. The molecule has 116 valence electrons.